The number of nitrogens with zero attached hydrogens (tertiary/aromatic N) is 2. The first-order chi connectivity index (χ1) is 11.1. The Bertz CT molecular complexity index is 752. The lowest BCUT2D eigenvalue weighted by molar-refractivity contribution is 0.359. The van der Waals surface area contributed by atoms with E-state index in [-0.39, 0.29) is 0 Å². The molecule has 0 radical (unpaired) electrons. The summed E-state index contributed by atoms with van der Waals surface area (Å²) in [6.07, 6.45) is 6.29. The fraction of sp³-hybridized carbons (Fsp3) is 0.562. The number of aromatic nitrogens is 1. The third-order valence-electron chi connectivity index (χ3n) is 4.47. The van der Waals surface area contributed by atoms with E-state index in [1.54, 1.807) is 24.7 Å². The Kier molecular flexibility index (Phi) is 5.31. The van der Waals surface area contributed by atoms with E-state index < -0.39 is 10.0 Å². The summed E-state index contributed by atoms with van der Waals surface area (Å²) in [7, 11) is -1.82. The fourth-order valence-corrected chi connectivity index (χ4v) is 5.50. The largest absolute Gasteiger partial charge is 0.313 e. The van der Waals surface area contributed by atoms with Crippen LogP contribution < -0.4 is 5.32 Å². The minimum Gasteiger partial charge on any atom is -0.313 e. The summed E-state index contributed by atoms with van der Waals surface area (Å²) < 4.78 is 27.8. The van der Waals surface area contributed by atoms with Gasteiger partial charge in [-0.1, -0.05) is 25.3 Å². The molecule has 1 N–H and O–H groups in total. The van der Waals surface area contributed by atoms with Crippen molar-refractivity contribution < 1.29 is 8.42 Å². The first-order valence-corrected chi connectivity index (χ1v) is 10.4. The summed E-state index contributed by atoms with van der Waals surface area (Å²) >= 11 is 1.37. The Morgan fingerprint density at radius 1 is 1.30 bits per heavy atom. The molecular formula is C16H23N3O2S2. The van der Waals surface area contributed by atoms with Crippen molar-refractivity contribution in [1.82, 2.24) is 14.6 Å². The molecule has 0 bridgehead atoms. The van der Waals surface area contributed by atoms with Crippen LogP contribution in [-0.4, -0.2) is 43.9 Å². The molecule has 0 aliphatic heterocycles. The molecule has 1 aliphatic carbocycles. The van der Waals surface area contributed by atoms with Crippen LogP contribution in [0.1, 0.15) is 32.1 Å². The molecular weight excluding hydrogens is 330 g/mol. The third kappa shape index (κ3) is 3.74. The number of thiazole rings is 1. The molecule has 126 valence electrons. The van der Waals surface area contributed by atoms with Crippen molar-refractivity contribution in [3.63, 3.8) is 0 Å². The van der Waals surface area contributed by atoms with Gasteiger partial charge in [0.15, 0.2) is 0 Å². The molecule has 0 atom stereocenters. The van der Waals surface area contributed by atoms with Crippen LogP contribution in [0.25, 0.3) is 10.2 Å². The van der Waals surface area contributed by atoms with E-state index in [0.717, 1.165) is 10.2 Å². The van der Waals surface area contributed by atoms with E-state index in [9.17, 15) is 8.42 Å². The molecule has 1 fully saturated rings. The quantitative estimate of drug-likeness (QED) is 0.867. The van der Waals surface area contributed by atoms with Crippen LogP contribution in [0, 0.1) is 0 Å². The fourth-order valence-electron chi connectivity index (χ4n) is 3.08. The molecule has 0 amide bonds. The van der Waals surface area contributed by atoms with Crippen molar-refractivity contribution in [3.8, 4) is 0 Å². The Morgan fingerprint density at radius 2 is 2.09 bits per heavy atom. The van der Waals surface area contributed by atoms with Crippen molar-refractivity contribution in [2.45, 2.75) is 43.0 Å². The second kappa shape index (κ2) is 7.25. The lowest BCUT2D eigenvalue weighted by Gasteiger charge is -2.24. The van der Waals surface area contributed by atoms with Crippen molar-refractivity contribution in [2.24, 2.45) is 0 Å². The first kappa shape index (κ1) is 16.8. The number of likely N-dealkylation sites (N-methyl/N-ethyl adjacent to an activating group) is 1. The predicted molar refractivity (Wildman–Crippen MR) is 94.3 cm³/mol. The van der Waals surface area contributed by atoms with Gasteiger partial charge in [0.2, 0.25) is 10.0 Å². The van der Waals surface area contributed by atoms with Gasteiger partial charge in [-0.2, -0.15) is 4.31 Å². The monoisotopic (exact) mass is 353 g/mol. The topological polar surface area (TPSA) is 62.3 Å². The molecule has 0 saturated heterocycles. The molecule has 0 unspecified atom stereocenters. The summed E-state index contributed by atoms with van der Waals surface area (Å²) in [6, 6.07) is 5.81. The van der Waals surface area contributed by atoms with Crippen molar-refractivity contribution in [1.29, 1.82) is 0 Å². The lowest BCUT2D eigenvalue weighted by Crippen LogP contribution is -2.38. The van der Waals surface area contributed by atoms with Gasteiger partial charge >= 0.3 is 0 Å². The number of rotatable bonds is 6. The molecule has 23 heavy (non-hydrogen) atoms. The molecule has 3 rings (SSSR count). The van der Waals surface area contributed by atoms with E-state index in [1.165, 1.54) is 47.7 Å². The van der Waals surface area contributed by atoms with Crippen LogP contribution in [-0.2, 0) is 10.0 Å². The Hall–Kier alpha value is -1.02. The SMILES string of the molecule is CN(CCNC1CCCCC1)S(=O)(=O)c1cccc2ncsc12. The smallest absolute Gasteiger partial charge is 0.244 e. The summed E-state index contributed by atoms with van der Waals surface area (Å²) in [5.41, 5.74) is 2.43. The van der Waals surface area contributed by atoms with Gasteiger partial charge in [-0.15, -0.1) is 11.3 Å². The van der Waals surface area contributed by atoms with E-state index in [0.29, 0.717) is 24.0 Å². The van der Waals surface area contributed by atoms with Gasteiger partial charge < -0.3 is 5.32 Å². The second-order valence-corrected chi connectivity index (χ2v) is 8.94. The van der Waals surface area contributed by atoms with Crippen molar-refractivity contribution >= 4 is 31.6 Å². The average Bonchev–Trinajstić information content (AvgIpc) is 3.04. The van der Waals surface area contributed by atoms with Gasteiger partial charge in [0.25, 0.3) is 0 Å². The summed E-state index contributed by atoms with van der Waals surface area (Å²) in [5, 5.41) is 3.49. The highest BCUT2D eigenvalue weighted by atomic mass is 32.2. The maximum absolute atomic E-state index is 12.8. The van der Waals surface area contributed by atoms with Gasteiger partial charge in [-0.3, -0.25) is 0 Å². The van der Waals surface area contributed by atoms with E-state index >= 15 is 0 Å². The third-order valence-corrected chi connectivity index (χ3v) is 7.38. The van der Waals surface area contributed by atoms with Crippen LogP contribution >= 0.6 is 11.3 Å². The molecule has 0 spiro atoms. The number of sulfonamides is 1. The van der Waals surface area contributed by atoms with Gasteiger partial charge in [-0.05, 0) is 25.0 Å². The first-order valence-electron chi connectivity index (χ1n) is 8.11. The van der Waals surface area contributed by atoms with Gasteiger partial charge in [0.1, 0.15) is 4.90 Å². The highest BCUT2D eigenvalue weighted by molar-refractivity contribution is 7.89. The lowest BCUT2D eigenvalue weighted by atomic mass is 9.95. The zero-order chi connectivity index (χ0) is 16.3. The molecule has 2 aromatic rings. The standard InChI is InChI=1S/C16H23N3O2S2/c1-19(11-10-17-13-6-3-2-4-7-13)23(20,21)15-9-5-8-14-16(15)22-12-18-14/h5,8-9,12-13,17H,2-4,6-7,10-11H2,1H3. The van der Waals surface area contributed by atoms with Crippen molar-refractivity contribution in [2.75, 3.05) is 20.1 Å². The summed E-state index contributed by atoms with van der Waals surface area (Å²) in [6.45, 7) is 1.17. The molecule has 1 aliphatic rings. The predicted octanol–water partition coefficient (Wildman–Crippen LogP) is 2.84. The van der Waals surface area contributed by atoms with Crippen molar-refractivity contribution in [3.05, 3.63) is 23.7 Å². The summed E-state index contributed by atoms with van der Waals surface area (Å²) in [4.78, 5) is 4.56. The molecule has 5 nitrogen and oxygen atoms in total. The molecule has 1 aromatic carbocycles. The number of benzene rings is 1. The highest BCUT2D eigenvalue weighted by Crippen LogP contribution is 2.27. The van der Waals surface area contributed by atoms with Crippen LogP contribution in [0.2, 0.25) is 0 Å². The Balaban J connectivity index is 1.65. The molecule has 1 heterocycles. The zero-order valence-corrected chi connectivity index (χ0v) is 15.0. The Labute approximate surface area is 141 Å². The zero-order valence-electron chi connectivity index (χ0n) is 13.4. The molecule has 1 aromatic heterocycles. The summed E-state index contributed by atoms with van der Waals surface area (Å²) in [5.74, 6) is 0. The van der Waals surface area contributed by atoms with Crippen LogP contribution in [0.3, 0.4) is 0 Å². The minimum atomic E-state index is -3.47. The van der Waals surface area contributed by atoms with Crippen LogP contribution in [0.15, 0.2) is 28.6 Å². The maximum atomic E-state index is 12.8. The average molecular weight is 354 g/mol. The number of fused-ring (bicyclic) bond motifs is 1. The van der Waals surface area contributed by atoms with E-state index in [2.05, 4.69) is 10.3 Å². The van der Waals surface area contributed by atoms with Crippen LogP contribution in [0.4, 0.5) is 0 Å². The van der Waals surface area contributed by atoms with E-state index in [1.807, 2.05) is 6.07 Å². The minimum absolute atomic E-state index is 0.359. The molecule has 1 saturated carbocycles. The van der Waals surface area contributed by atoms with Gasteiger partial charge in [-0.25, -0.2) is 13.4 Å². The van der Waals surface area contributed by atoms with Gasteiger partial charge in [0.05, 0.1) is 15.7 Å². The van der Waals surface area contributed by atoms with Crippen LogP contribution in [0.5, 0.6) is 0 Å². The highest BCUT2D eigenvalue weighted by Gasteiger charge is 2.24. The number of hydrogen-bond donors (Lipinski definition) is 1. The van der Waals surface area contributed by atoms with Gasteiger partial charge in [0, 0.05) is 26.2 Å². The Morgan fingerprint density at radius 3 is 2.87 bits per heavy atom. The van der Waals surface area contributed by atoms with E-state index in [4.69, 9.17) is 0 Å². The molecule has 7 heteroatoms. The number of hydrogen-bond acceptors (Lipinski definition) is 5. The number of nitrogens with one attached hydrogen (secondary N) is 1. The normalized spacial score (nSPS) is 17.1. The second-order valence-electron chi connectivity index (χ2n) is 6.07. The maximum Gasteiger partial charge on any atom is 0.244 e.